The van der Waals surface area contributed by atoms with Gasteiger partial charge in [0, 0.05) is 24.9 Å². The number of aliphatic hydroxyl groups excluding tert-OH is 2. The Labute approximate surface area is 114 Å². The van der Waals surface area contributed by atoms with Crippen LogP contribution >= 0.6 is 0 Å². The van der Waals surface area contributed by atoms with Crippen LogP contribution in [-0.4, -0.2) is 47.8 Å². The summed E-state index contributed by atoms with van der Waals surface area (Å²) >= 11 is 0. The van der Waals surface area contributed by atoms with Crippen LogP contribution in [-0.2, 0) is 9.59 Å². The number of aliphatic hydroxyl groups is 2. The van der Waals surface area contributed by atoms with E-state index in [9.17, 15) is 14.7 Å². The van der Waals surface area contributed by atoms with Crippen molar-refractivity contribution in [3.63, 3.8) is 0 Å². The van der Waals surface area contributed by atoms with Crippen molar-refractivity contribution in [2.24, 2.45) is 5.41 Å². The summed E-state index contributed by atoms with van der Waals surface area (Å²) in [5, 5.41) is 24.1. The van der Waals surface area contributed by atoms with Gasteiger partial charge in [0.1, 0.15) is 6.10 Å². The molecule has 6 heteroatoms. The van der Waals surface area contributed by atoms with E-state index in [1.807, 2.05) is 6.92 Å². The first-order valence-electron chi connectivity index (χ1n) is 6.68. The highest BCUT2D eigenvalue weighted by Gasteiger charge is 2.32. The number of nitrogens with one attached hydrogen (secondary N) is 2. The summed E-state index contributed by atoms with van der Waals surface area (Å²) in [6.45, 7) is 5.90. The molecule has 0 heterocycles. The predicted octanol–water partition coefficient (Wildman–Crippen LogP) is -0.212. The number of hydrogen-bond acceptors (Lipinski definition) is 4. The Morgan fingerprint density at radius 1 is 1.21 bits per heavy atom. The molecule has 0 spiro atoms. The molecule has 0 bridgehead atoms. The summed E-state index contributed by atoms with van der Waals surface area (Å²) in [5.41, 5.74) is -0.872. The Morgan fingerprint density at radius 2 is 1.84 bits per heavy atom. The lowest BCUT2D eigenvalue weighted by atomic mass is 9.87. The van der Waals surface area contributed by atoms with Crippen molar-refractivity contribution in [3.05, 3.63) is 0 Å². The molecule has 0 rings (SSSR count). The summed E-state index contributed by atoms with van der Waals surface area (Å²) in [4.78, 5) is 22.9. The maximum absolute atomic E-state index is 11.6. The Hall–Kier alpha value is -1.14. The van der Waals surface area contributed by atoms with Crippen LogP contribution in [0, 0.1) is 5.41 Å². The largest absolute Gasteiger partial charge is 0.396 e. The van der Waals surface area contributed by atoms with Crippen LogP contribution < -0.4 is 10.6 Å². The molecule has 0 aliphatic heterocycles. The first-order valence-corrected chi connectivity index (χ1v) is 6.68. The normalized spacial score (nSPS) is 12.9. The summed E-state index contributed by atoms with van der Waals surface area (Å²) in [6, 6.07) is 0. The smallest absolute Gasteiger partial charge is 0.249 e. The molecule has 2 amide bonds. The van der Waals surface area contributed by atoms with Gasteiger partial charge in [0.2, 0.25) is 11.8 Å². The first kappa shape index (κ1) is 17.9. The number of rotatable bonds is 9. The maximum atomic E-state index is 11.6. The zero-order valence-corrected chi connectivity index (χ0v) is 12.0. The summed E-state index contributed by atoms with van der Waals surface area (Å²) in [6.07, 6.45) is 0.504. The fraction of sp³-hybridized carbons (Fsp3) is 0.846. The van der Waals surface area contributed by atoms with Gasteiger partial charge in [-0.1, -0.05) is 20.8 Å². The molecular formula is C13H26N2O4. The van der Waals surface area contributed by atoms with Gasteiger partial charge in [-0.2, -0.15) is 0 Å². The fourth-order valence-electron chi connectivity index (χ4n) is 1.35. The third-order valence-electron chi connectivity index (χ3n) is 2.85. The molecule has 4 N–H and O–H groups in total. The van der Waals surface area contributed by atoms with Gasteiger partial charge in [-0.25, -0.2) is 0 Å². The number of hydrogen-bond donors (Lipinski definition) is 4. The first-order chi connectivity index (χ1) is 8.85. The molecule has 6 nitrogen and oxygen atoms in total. The third kappa shape index (κ3) is 7.12. The van der Waals surface area contributed by atoms with E-state index in [0.29, 0.717) is 25.9 Å². The topological polar surface area (TPSA) is 98.7 Å². The van der Waals surface area contributed by atoms with Gasteiger partial charge in [-0.15, -0.1) is 0 Å². The van der Waals surface area contributed by atoms with E-state index in [2.05, 4.69) is 10.6 Å². The van der Waals surface area contributed by atoms with Crippen molar-refractivity contribution in [3.8, 4) is 0 Å². The minimum atomic E-state index is -1.26. The van der Waals surface area contributed by atoms with Crippen LogP contribution in [0.3, 0.4) is 0 Å². The number of carbonyl (C=O) groups excluding carboxylic acids is 2. The summed E-state index contributed by atoms with van der Waals surface area (Å²) in [7, 11) is 0. The molecule has 0 aromatic rings. The molecular weight excluding hydrogens is 248 g/mol. The number of amides is 2. The van der Waals surface area contributed by atoms with E-state index in [4.69, 9.17) is 5.11 Å². The molecule has 0 fully saturated rings. The predicted molar refractivity (Wildman–Crippen MR) is 72.4 cm³/mol. The van der Waals surface area contributed by atoms with Gasteiger partial charge >= 0.3 is 0 Å². The fourth-order valence-corrected chi connectivity index (χ4v) is 1.35. The molecule has 0 saturated heterocycles. The quantitative estimate of drug-likeness (QED) is 0.437. The monoisotopic (exact) mass is 274 g/mol. The number of carbonyl (C=O) groups is 2. The second-order valence-electron chi connectivity index (χ2n) is 5.29. The van der Waals surface area contributed by atoms with E-state index in [-0.39, 0.29) is 12.5 Å². The molecule has 1 atom stereocenters. The molecule has 0 aromatic heterocycles. The van der Waals surface area contributed by atoms with E-state index in [0.717, 1.165) is 6.42 Å². The van der Waals surface area contributed by atoms with Crippen LogP contribution in [0.5, 0.6) is 0 Å². The molecule has 0 aliphatic rings. The van der Waals surface area contributed by atoms with Gasteiger partial charge in [0.25, 0.3) is 0 Å². The molecule has 0 saturated carbocycles. The summed E-state index contributed by atoms with van der Waals surface area (Å²) < 4.78 is 0. The van der Waals surface area contributed by atoms with Crippen LogP contribution in [0.1, 0.15) is 40.0 Å². The Morgan fingerprint density at radius 3 is 2.37 bits per heavy atom. The van der Waals surface area contributed by atoms with Crippen LogP contribution in [0.15, 0.2) is 0 Å². The second-order valence-corrected chi connectivity index (χ2v) is 5.29. The SMILES string of the molecule is CCCNC(=O)CCCNC(=O)[C@H](O)C(C)(C)CO. The van der Waals surface area contributed by atoms with Gasteiger partial charge in [0.15, 0.2) is 0 Å². The highest BCUT2D eigenvalue weighted by Crippen LogP contribution is 2.19. The average Bonchev–Trinajstić information content (AvgIpc) is 2.39. The molecule has 0 radical (unpaired) electrons. The van der Waals surface area contributed by atoms with Crippen molar-refractivity contribution >= 4 is 11.8 Å². The van der Waals surface area contributed by atoms with Crippen LogP contribution in [0.4, 0.5) is 0 Å². The molecule has 0 aliphatic carbocycles. The zero-order valence-electron chi connectivity index (χ0n) is 12.0. The maximum Gasteiger partial charge on any atom is 0.249 e. The average molecular weight is 274 g/mol. The van der Waals surface area contributed by atoms with Gasteiger partial charge in [-0.3, -0.25) is 9.59 Å². The van der Waals surface area contributed by atoms with E-state index >= 15 is 0 Å². The van der Waals surface area contributed by atoms with E-state index < -0.39 is 17.4 Å². The molecule has 0 aromatic carbocycles. The Balaban J connectivity index is 3.83. The molecule has 112 valence electrons. The lowest BCUT2D eigenvalue weighted by Gasteiger charge is -2.27. The molecule has 19 heavy (non-hydrogen) atoms. The lowest BCUT2D eigenvalue weighted by molar-refractivity contribution is -0.137. The van der Waals surface area contributed by atoms with Crippen LogP contribution in [0.25, 0.3) is 0 Å². The highest BCUT2D eigenvalue weighted by atomic mass is 16.3. The van der Waals surface area contributed by atoms with E-state index in [1.54, 1.807) is 13.8 Å². The van der Waals surface area contributed by atoms with Crippen molar-refractivity contribution in [1.82, 2.24) is 10.6 Å². The standard InChI is InChI=1S/C13H26N2O4/c1-4-7-14-10(17)6-5-8-15-12(19)11(18)13(2,3)9-16/h11,16,18H,4-9H2,1-3H3,(H,14,17)(H,15,19)/t11-/m0/s1. The Kier molecular flexibility index (Phi) is 8.34. The summed E-state index contributed by atoms with van der Waals surface area (Å²) in [5.74, 6) is -0.555. The third-order valence-corrected chi connectivity index (χ3v) is 2.85. The zero-order chi connectivity index (χ0) is 14.9. The minimum Gasteiger partial charge on any atom is -0.396 e. The second kappa shape index (κ2) is 8.87. The van der Waals surface area contributed by atoms with Crippen molar-refractivity contribution in [2.45, 2.75) is 46.1 Å². The Bertz CT molecular complexity index is 292. The van der Waals surface area contributed by atoms with Gasteiger partial charge in [0.05, 0.1) is 6.61 Å². The van der Waals surface area contributed by atoms with Crippen molar-refractivity contribution in [2.75, 3.05) is 19.7 Å². The van der Waals surface area contributed by atoms with Crippen molar-refractivity contribution < 1.29 is 19.8 Å². The van der Waals surface area contributed by atoms with Gasteiger partial charge < -0.3 is 20.8 Å². The lowest BCUT2D eigenvalue weighted by Crippen LogP contribution is -2.45. The molecule has 0 unspecified atom stereocenters. The minimum absolute atomic E-state index is 0.0349. The van der Waals surface area contributed by atoms with Crippen molar-refractivity contribution in [1.29, 1.82) is 0 Å². The highest BCUT2D eigenvalue weighted by molar-refractivity contribution is 5.81. The van der Waals surface area contributed by atoms with E-state index in [1.165, 1.54) is 0 Å². The van der Waals surface area contributed by atoms with Gasteiger partial charge in [-0.05, 0) is 12.8 Å². The van der Waals surface area contributed by atoms with Crippen LogP contribution in [0.2, 0.25) is 0 Å².